The molecule has 0 N–H and O–H groups in total. The van der Waals surface area contributed by atoms with Crippen molar-refractivity contribution in [3.63, 3.8) is 0 Å². The number of benzene rings is 3. The van der Waals surface area contributed by atoms with Gasteiger partial charge in [-0.1, -0.05) is 18.2 Å². The molecule has 2 heterocycles. The van der Waals surface area contributed by atoms with Crippen molar-refractivity contribution in [3.8, 4) is 11.5 Å². The Balaban J connectivity index is 1.59. The predicted octanol–water partition coefficient (Wildman–Crippen LogP) is 5.02. The van der Waals surface area contributed by atoms with Gasteiger partial charge in [0.2, 0.25) is 5.72 Å². The summed E-state index contributed by atoms with van der Waals surface area (Å²) < 4.78 is 11.7. The van der Waals surface area contributed by atoms with E-state index in [2.05, 4.69) is 6.07 Å². The summed E-state index contributed by atoms with van der Waals surface area (Å²) >= 11 is 0. The quantitative estimate of drug-likeness (QED) is 0.442. The van der Waals surface area contributed by atoms with E-state index in [1.54, 1.807) is 19.2 Å². The minimum absolute atomic E-state index is 0.00208. The molecule has 156 valence electrons. The summed E-state index contributed by atoms with van der Waals surface area (Å²) in [4.78, 5) is 10.7. The summed E-state index contributed by atoms with van der Waals surface area (Å²) in [6, 6.07) is 22.3. The molecule has 0 spiro atoms. The van der Waals surface area contributed by atoms with Crippen LogP contribution in [0.4, 0.5) is 5.69 Å². The predicted molar refractivity (Wildman–Crippen MR) is 116 cm³/mol. The van der Waals surface area contributed by atoms with Crippen LogP contribution in [0.1, 0.15) is 36.1 Å². The van der Waals surface area contributed by atoms with Gasteiger partial charge < -0.3 is 9.47 Å². The highest BCUT2D eigenvalue weighted by atomic mass is 16.6. The third kappa shape index (κ3) is 3.09. The molecule has 0 saturated carbocycles. The molecule has 7 heteroatoms. The Kier molecular flexibility index (Phi) is 4.39. The Labute approximate surface area is 179 Å². The first kappa shape index (κ1) is 19.1. The van der Waals surface area contributed by atoms with Gasteiger partial charge in [-0.25, -0.2) is 5.01 Å². The highest BCUT2D eigenvalue weighted by molar-refractivity contribution is 6.02. The molecule has 31 heavy (non-hydrogen) atoms. The van der Waals surface area contributed by atoms with Crippen molar-refractivity contribution in [1.29, 1.82) is 0 Å². The number of hydrogen-bond donors (Lipinski definition) is 0. The zero-order valence-corrected chi connectivity index (χ0v) is 17.2. The number of rotatable bonds is 4. The van der Waals surface area contributed by atoms with E-state index < -0.39 is 10.6 Å². The van der Waals surface area contributed by atoms with Crippen LogP contribution in [0.25, 0.3) is 0 Å². The van der Waals surface area contributed by atoms with Gasteiger partial charge in [-0.2, -0.15) is 5.10 Å². The van der Waals surface area contributed by atoms with Gasteiger partial charge in [0.1, 0.15) is 11.5 Å². The Morgan fingerprint density at radius 2 is 1.81 bits per heavy atom. The van der Waals surface area contributed by atoms with E-state index in [0.29, 0.717) is 0 Å². The topological polar surface area (TPSA) is 77.2 Å². The normalized spacial score (nSPS) is 21.5. The van der Waals surface area contributed by atoms with Gasteiger partial charge in [-0.3, -0.25) is 10.1 Å². The zero-order chi connectivity index (χ0) is 21.6. The van der Waals surface area contributed by atoms with E-state index in [-0.39, 0.29) is 11.7 Å². The monoisotopic (exact) mass is 415 g/mol. The molecule has 5 rings (SSSR count). The maximum atomic E-state index is 11.1. The molecule has 3 aromatic carbocycles. The fourth-order valence-electron chi connectivity index (χ4n) is 4.30. The molecule has 0 aliphatic carbocycles. The standard InChI is InChI=1S/C24H21N3O4/c1-24(17-9-11-18(12-10-17)27(28)29)26-22(20-5-3-4-6-23(20)31-24)15-21(25-26)16-7-13-19(30-2)14-8-16/h3-14,22H,15H2,1-2H3/t22-,24-/m0/s1. The number of methoxy groups -OCH3 is 1. The van der Waals surface area contributed by atoms with Gasteiger partial charge >= 0.3 is 0 Å². The molecule has 0 bridgehead atoms. The second kappa shape index (κ2) is 7.12. The molecular weight excluding hydrogens is 394 g/mol. The number of nitro groups is 1. The number of hydrogen-bond acceptors (Lipinski definition) is 6. The summed E-state index contributed by atoms with van der Waals surface area (Å²) in [6.07, 6.45) is 0.731. The molecule has 0 saturated heterocycles. The van der Waals surface area contributed by atoms with Crippen molar-refractivity contribution in [2.24, 2.45) is 5.10 Å². The average Bonchev–Trinajstić information content (AvgIpc) is 3.26. The molecule has 7 nitrogen and oxygen atoms in total. The molecule has 0 unspecified atom stereocenters. The lowest BCUT2D eigenvalue weighted by Gasteiger charge is -2.45. The number of para-hydroxylation sites is 1. The molecule has 3 aromatic rings. The largest absolute Gasteiger partial charge is 0.497 e. The van der Waals surface area contributed by atoms with Crippen LogP contribution in [-0.2, 0) is 5.72 Å². The minimum atomic E-state index is -0.900. The van der Waals surface area contributed by atoms with E-state index in [4.69, 9.17) is 14.6 Å². The number of non-ortho nitro benzene ring substituents is 1. The highest BCUT2D eigenvalue weighted by Gasteiger charge is 2.48. The first-order chi connectivity index (χ1) is 15.0. The Hall–Kier alpha value is -3.87. The zero-order valence-electron chi connectivity index (χ0n) is 17.2. The molecule has 0 radical (unpaired) electrons. The summed E-state index contributed by atoms with van der Waals surface area (Å²) in [5.74, 6) is 1.60. The first-order valence-corrected chi connectivity index (χ1v) is 10.0. The van der Waals surface area contributed by atoms with Crippen molar-refractivity contribution in [1.82, 2.24) is 5.01 Å². The minimum Gasteiger partial charge on any atom is -0.497 e. The molecular formula is C24H21N3O4. The fraction of sp³-hybridized carbons (Fsp3) is 0.208. The van der Waals surface area contributed by atoms with Crippen LogP contribution in [0.5, 0.6) is 11.5 Å². The summed E-state index contributed by atoms with van der Waals surface area (Å²) in [5.41, 5.74) is 3.01. The van der Waals surface area contributed by atoms with E-state index in [1.807, 2.05) is 54.4 Å². The van der Waals surface area contributed by atoms with E-state index >= 15 is 0 Å². The van der Waals surface area contributed by atoms with Crippen molar-refractivity contribution < 1.29 is 14.4 Å². The first-order valence-electron chi connectivity index (χ1n) is 10.0. The van der Waals surface area contributed by atoms with Crippen molar-refractivity contribution in [3.05, 3.63) is 99.6 Å². The summed E-state index contributed by atoms with van der Waals surface area (Å²) in [7, 11) is 1.65. The lowest BCUT2D eigenvalue weighted by molar-refractivity contribution is -0.384. The van der Waals surface area contributed by atoms with Crippen molar-refractivity contribution in [2.45, 2.75) is 25.1 Å². The van der Waals surface area contributed by atoms with Gasteiger partial charge in [0.05, 0.1) is 23.8 Å². The third-order valence-electron chi connectivity index (χ3n) is 5.97. The number of ether oxygens (including phenoxy) is 2. The number of nitrogens with zero attached hydrogens (tertiary/aromatic N) is 3. The average molecular weight is 415 g/mol. The van der Waals surface area contributed by atoms with Crippen LogP contribution in [0.2, 0.25) is 0 Å². The summed E-state index contributed by atoms with van der Waals surface area (Å²) in [5, 5.41) is 18.0. The van der Waals surface area contributed by atoms with Crippen molar-refractivity contribution >= 4 is 11.4 Å². The molecule has 0 aromatic heterocycles. The summed E-state index contributed by atoms with van der Waals surface area (Å²) in [6.45, 7) is 1.96. The molecule has 2 aliphatic heterocycles. The van der Waals surface area contributed by atoms with Crippen molar-refractivity contribution in [2.75, 3.05) is 7.11 Å². The van der Waals surface area contributed by atoms with E-state index in [1.165, 1.54) is 12.1 Å². The Bertz CT molecular complexity index is 1170. The lowest BCUT2D eigenvalue weighted by atomic mass is 9.92. The third-order valence-corrected chi connectivity index (χ3v) is 5.97. The smallest absolute Gasteiger partial charge is 0.269 e. The van der Waals surface area contributed by atoms with Gasteiger partial charge in [0.25, 0.3) is 5.69 Å². The molecule has 2 atom stereocenters. The van der Waals surface area contributed by atoms with Gasteiger partial charge in [0, 0.05) is 36.6 Å². The maximum absolute atomic E-state index is 11.1. The highest BCUT2D eigenvalue weighted by Crippen LogP contribution is 2.50. The number of fused-ring (bicyclic) bond motifs is 3. The van der Waals surface area contributed by atoms with Gasteiger partial charge in [0.15, 0.2) is 0 Å². The van der Waals surface area contributed by atoms with Gasteiger partial charge in [-0.05, 0) is 48.0 Å². The van der Waals surface area contributed by atoms with Crippen LogP contribution in [-0.4, -0.2) is 22.8 Å². The van der Waals surface area contributed by atoms with Gasteiger partial charge in [-0.15, -0.1) is 0 Å². The fourth-order valence-corrected chi connectivity index (χ4v) is 4.30. The van der Waals surface area contributed by atoms with Crippen LogP contribution in [0.3, 0.4) is 0 Å². The van der Waals surface area contributed by atoms with Crippen LogP contribution >= 0.6 is 0 Å². The van der Waals surface area contributed by atoms with E-state index in [0.717, 1.165) is 40.3 Å². The second-order valence-corrected chi connectivity index (χ2v) is 7.77. The molecule has 0 fully saturated rings. The number of hydrazone groups is 1. The Morgan fingerprint density at radius 3 is 2.48 bits per heavy atom. The second-order valence-electron chi connectivity index (χ2n) is 7.77. The molecule has 0 amide bonds. The lowest BCUT2D eigenvalue weighted by Crippen LogP contribution is -2.48. The van der Waals surface area contributed by atoms with E-state index in [9.17, 15) is 10.1 Å². The maximum Gasteiger partial charge on any atom is 0.269 e. The molecule has 2 aliphatic rings. The van der Waals surface area contributed by atoms with Crippen LogP contribution in [0.15, 0.2) is 77.9 Å². The van der Waals surface area contributed by atoms with Crippen LogP contribution in [0, 0.1) is 10.1 Å². The Morgan fingerprint density at radius 1 is 1.10 bits per heavy atom. The number of nitro benzene ring substituents is 1. The van der Waals surface area contributed by atoms with Crippen LogP contribution < -0.4 is 9.47 Å². The SMILES string of the molecule is COc1ccc(C2=NN3[C@@H](C2)c2ccccc2O[C@@]3(C)c2ccc([N+](=O)[O-])cc2)cc1.